The zero-order valence-electron chi connectivity index (χ0n) is 17.8. The van der Waals surface area contributed by atoms with Crippen molar-refractivity contribution in [2.75, 3.05) is 11.9 Å². The standard InChI is InChI=1S/C23H24ClN3O4S/c1-2-30-23(29)20-16-6-3-4-7-17(16)32-22(20)25-18(28)8-5-9-19-26-21(27-31-19)14-10-12-15(24)13-11-14/h10-13H,2-9H2,1H3,(H,25,28). The zero-order valence-corrected chi connectivity index (χ0v) is 19.4. The Morgan fingerprint density at radius 2 is 2.00 bits per heavy atom. The molecule has 7 nitrogen and oxygen atoms in total. The summed E-state index contributed by atoms with van der Waals surface area (Å²) in [6.07, 6.45) is 5.26. The Labute approximate surface area is 195 Å². The van der Waals surface area contributed by atoms with Crippen molar-refractivity contribution in [2.24, 2.45) is 0 Å². The van der Waals surface area contributed by atoms with Crippen LogP contribution in [0.25, 0.3) is 11.4 Å². The van der Waals surface area contributed by atoms with Gasteiger partial charge in [-0.05, 0) is 68.9 Å². The van der Waals surface area contributed by atoms with Gasteiger partial charge in [0.05, 0.1) is 12.2 Å². The fourth-order valence-corrected chi connectivity index (χ4v) is 5.15. The zero-order chi connectivity index (χ0) is 22.5. The van der Waals surface area contributed by atoms with Crippen LogP contribution in [-0.4, -0.2) is 28.6 Å². The van der Waals surface area contributed by atoms with Crippen LogP contribution in [0.5, 0.6) is 0 Å². The van der Waals surface area contributed by atoms with E-state index in [1.54, 1.807) is 19.1 Å². The summed E-state index contributed by atoms with van der Waals surface area (Å²) in [6, 6.07) is 7.19. The second-order valence-electron chi connectivity index (χ2n) is 7.56. The van der Waals surface area contributed by atoms with Crippen molar-refractivity contribution in [1.82, 2.24) is 10.1 Å². The van der Waals surface area contributed by atoms with Crippen molar-refractivity contribution in [2.45, 2.75) is 51.9 Å². The number of esters is 1. The Kier molecular flexibility index (Phi) is 7.22. The third kappa shape index (κ3) is 5.19. The number of aryl methyl sites for hydroxylation is 2. The van der Waals surface area contributed by atoms with Gasteiger partial charge in [0, 0.05) is 28.3 Å². The fourth-order valence-electron chi connectivity index (χ4n) is 3.74. The molecular weight excluding hydrogens is 450 g/mol. The number of nitrogens with one attached hydrogen (secondary N) is 1. The molecule has 0 spiro atoms. The predicted octanol–water partition coefficient (Wildman–Crippen LogP) is 5.47. The van der Waals surface area contributed by atoms with Crippen LogP contribution in [0.3, 0.4) is 0 Å². The number of hydrogen-bond donors (Lipinski definition) is 1. The van der Waals surface area contributed by atoms with Crippen LogP contribution in [0.15, 0.2) is 28.8 Å². The van der Waals surface area contributed by atoms with Gasteiger partial charge in [-0.2, -0.15) is 4.98 Å². The molecule has 9 heteroatoms. The van der Waals surface area contributed by atoms with Crippen LogP contribution in [0, 0.1) is 0 Å². The first-order valence-electron chi connectivity index (χ1n) is 10.7. The quantitative estimate of drug-likeness (QED) is 0.436. The highest BCUT2D eigenvalue weighted by Gasteiger charge is 2.27. The van der Waals surface area contributed by atoms with E-state index < -0.39 is 0 Å². The van der Waals surface area contributed by atoms with Gasteiger partial charge in [0.2, 0.25) is 17.6 Å². The number of carbonyl (C=O) groups is 2. The molecule has 1 N–H and O–H groups in total. The number of fused-ring (bicyclic) bond motifs is 1. The molecular formula is C23H24ClN3O4S. The van der Waals surface area contributed by atoms with Crippen LogP contribution >= 0.6 is 22.9 Å². The number of aromatic nitrogens is 2. The van der Waals surface area contributed by atoms with E-state index in [1.165, 1.54) is 16.2 Å². The topological polar surface area (TPSA) is 94.3 Å². The molecule has 0 fully saturated rings. The minimum absolute atomic E-state index is 0.147. The first kappa shape index (κ1) is 22.5. The van der Waals surface area contributed by atoms with Crippen LogP contribution in [-0.2, 0) is 28.8 Å². The first-order chi connectivity index (χ1) is 15.5. The lowest BCUT2D eigenvalue weighted by molar-refractivity contribution is -0.116. The summed E-state index contributed by atoms with van der Waals surface area (Å²) in [5.74, 6) is 0.459. The maximum Gasteiger partial charge on any atom is 0.341 e. The summed E-state index contributed by atoms with van der Waals surface area (Å²) >= 11 is 7.40. The number of nitrogens with zero attached hydrogens (tertiary/aromatic N) is 2. The number of benzene rings is 1. The SMILES string of the molecule is CCOC(=O)c1c(NC(=O)CCCc2nc(-c3ccc(Cl)cc3)no2)sc2c1CCCC2. The van der Waals surface area contributed by atoms with Crippen LogP contribution < -0.4 is 5.32 Å². The third-order valence-corrected chi connectivity index (χ3v) is 6.73. The maximum absolute atomic E-state index is 12.6. The van der Waals surface area contributed by atoms with Crippen molar-refractivity contribution < 1.29 is 18.8 Å². The third-order valence-electron chi connectivity index (χ3n) is 5.27. The number of thiophene rings is 1. The molecule has 1 amide bonds. The highest BCUT2D eigenvalue weighted by Crippen LogP contribution is 2.38. The van der Waals surface area contributed by atoms with E-state index in [-0.39, 0.29) is 18.3 Å². The van der Waals surface area contributed by atoms with E-state index in [4.69, 9.17) is 20.9 Å². The Hall–Kier alpha value is -2.71. The van der Waals surface area contributed by atoms with Gasteiger partial charge in [-0.25, -0.2) is 4.79 Å². The van der Waals surface area contributed by atoms with E-state index in [2.05, 4.69) is 15.5 Å². The van der Waals surface area contributed by atoms with Gasteiger partial charge in [0.25, 0.3) is 0 Å². The molecule has 1 aromatic carbocycles. The van der Waals surface area contributed by atoms with Gasteiger partial charge in [0.15, 0.2) is 0 Å². The summed E-state index contributed by atoms with van der Waals surface area (Å²) in [6.45, 7) is 2.09. The molecule has 0 saturated heterocycles. The predicted molar refractivity (Wildman–Crippen MR) is 123 cm³/mol. The van der Waals surface area contributed by atoms with Gasteiger partial charge < -0.3 is 14.6 Å². The van der Waals surface area contributed by atoms with Crippen LogP contribution in [0.4, 0.5) is 5.00 Å². The highest BCUT2D eigenvalue weighted by molar-refractivity contribution is 7.17. The summed E-state index contributed by atoms with van der Waals surface area (Å²) < 4.78 is 10.5. The van der Waals surface area contributed by atoms with Crippen molar-refractivity contribution in [3.63, 3.8) is 0 Å². The average molecular weight is 474 g/mol. The van der Waals surface area contributed by atoms with Gasteiger partial charge in [-0.15, -0.1) is 11.3 Å². The molecule has 3 aromatic rings. The lowest BCUT2D eigenvalue weighted by Crippen LogP contribution is -2.15. The second kappa shape index (κ2) is 10.3. The second-order valence-corrected chi connectivity index (χ2v) is 9.10. The van der Waals surface area contributed by atoms with Gasteiger partial charge in [-0.3, -0.25) is 4.79 Å². The molecule has 2 aromatic heterocycles. The summed E-state index contributed by atoms with van der Waals surface area (Å²) in [4.78, 5) is 30.6. The number of halogens is 1. The molecule has 0 aliphatic heterocycles. The number of hydrogen-bond acceptors (Lipinski definition) is 7. The van der Waals surface area contributed by atoms with Crippen molar-refractivity contribution in [1.29, 1.82) is 0 Å². The van der Waals surface area contributed by atoms with E-state index in [0.29, 0.717) is 46.8 Å². The van der Waals surface area contributed by atoms with Crippen molar-refractivity contribution >= 4 is 39.8 Å². The summed E-state index contributed by atoms with van der Waals surface area (Å²) in [5, 5.41) is 8.16. The van der Waals surface area contributed by atoms with Crippen molar-refractivity contribution in [3.8, 4) is 11.4 Å². The molecule has 32 heavy (non-hydrogen) atoms. The first-order valence-corrected chi connectivity index (χ1v) is 11.9. The molecule has 0 atom stereocenters. The van der Waals surface area contributed by atoms with Gasteiger partial charge in [0.1, 0.15) is 5.00 Å². The van der Waals surface area contributed by atoms with E-state index >= 15 is 0 Å². The Balaban J connectivity index is 1.35. The minimum Gasteiger partial charge on any atom is -0.462 e. The molecule has 0 bridgehead atoms. The summed E-state index contributed by atoms with van der Waals surface area (Å²) in [5.41, 5.74) is 2.38. The monoisotopic (exact) mass is 473 g/mol. The highest BCUT2D eigenvalue weighted by atomic mass is 35.5. The number of anilines is 1. The molecule has 0 unspecified atom stereocenters. The molecule has 2 heterocycles. The smallest absolute Gasteiger partial charge is 0.341 e. The number of ether oxygens (including phenoxy) is 1. The molecule has 0 radical (unpaired) electrons. The van der Waals surface area contributed by atoms with E-state index in [0.717, 1.165) is 36.8 Å². The lowest BCUT2D eigenvalue weighted by atomic mass is 9.95. The van der Waals surface area contributed by atoms with Crippen LogP contribution in [0.2, 0.25) is 5.02 Å². The number of rotatable bonds is 8. The average Bonchev–Trinajstić information content (AvgIpc) is 3.39. The van der Waals surface area contributed by atoms with E-state index in [1.807, 2.05) is 12.1 Å². The Morgan fingerprint density at radius 3 is 2.78 bits per heavy atom. The molecule has 1 aliphatic rings. The molecule has 1 aliphatic carbocycles. The molecule has 0 saturated carbocycles. The minimum atomic E-state index is -0.359. The normalized spacial score (nSPS) is 12.9. The largest absolute Gasteiger partial charge is 0.462 e. The fraction of sp³-hybridized carbons (Fsp3) is 0.391. The van der Waals surface area contributed by atoms with E-state index in [9.17, 15) is 9.59 Å². The number of amides is 1. The Bertz CT molecular complexity index is 1110. The van der Waals surface area contributed by atoms with Gasteiger partial charge >= 0.3 is 5.97 Å². The number of carbonyl (C=O) groups excluding carboxylic acids is 2. The Morgan fingerprint density at radius 1 is 1.22 bits per heavy atom. The molecule has 4 rings (SSSR count). The van der Waals surface area contributed by atoms with Gasteiger partial charge in [-0.1, -0.05) is 16.8 Å². The molecule has 168 valence electrons. The maximum atomic E-state index is 12.6. The summed E-state index contributed by atoms with van der Waals surface area (Å²) in [7, 11) is 0. The van der Waals surface area contributed by atoms with Crippen molar-refractivity contribution in [3.05, 3.63) is 51.2 Å². The van der Waals surface area contributed by atoms with Crippen LogP contribution in [0.1, 0.15) is 59.3 Å². The lowest BCUT2D eigenvalue weighted by Gasteiger charge is -2.12.